The van der Waals surface area contributed by atoms with Gasteiger partial charge < -0.3 is 33.7 Å². The van der Waals surface area contributed by atoms with E-state index in [0.717, 1.165) is 53.3 Å². The lowest BCUT2D eigenvalue weighted by Gasteiger charge is -2.25. The number of aliphatic carboxylic acids is 1. The third kappa shape index (κ3) is 7.11. The Bertz CT molecular complexity index is 1590. The number of likely N-dealkylation sites (N-methyl/N-ethyl adjacent to an activating group) is 1. The van der Waals surface area contributed by atoms with Gasteiger partial charge in [-0.1, -0.05) is 45.4 Å². The number of rotatable bonds is 13. The van der Waals surface area contributed by atoms with Crippen LogP contribution in [-0.2, 0) is 20.2 Å². The summed E-state index contributed by atoms with van der Waals surface area (Å²) in [7, 11) is -5.70. The minimum absolute atomic E-state index is 0.306. The van der Waals surface area contributed by atoms with Crippen LogP contribution in [0.15, 0.2) is 72.5 Å². The zero-order valence-electron chi connectivity index (χ0n) is 26.5. The average molecular weight is 658 g/mol. The normalized spacial score (nSPS) is 19.1. The lowest BCUT2D eigenvalue weighted by molar-refractivity contribution is -0.471. The summed E-state index contributed by atoms with van der Waals surface area (Å²) in [5.41, 5.74) is 4.49. The SMILES string of the molecule is CCCCC(C(=O)O)[N+]1=C(/C=C/C=C/C=C2/N(CC)c3ccc(O[PH](=O)O)cc3C2(C)C)C(C)(C)c2cc(OP(O)O)ccc21. The number of anilines is 1. The minimum Gasteiger partial charge on any atom is -0.476 e. The lowest BCUT2D eigenvalue weighted by Crippen LogP contribution is -2.36. The van der Waals surface area contributed by atoms with E-state index in [4.69, 9.17) is 9.05 Å². The van der Waals surface area contributed by atoms with Crippen LogP contribution in [0.2, 0.25) is 0 Å². The Morgan fingerprint density at radius 2 is 1.71 bits per heavy atom. The van der Waals surface area contributed by atoms with E-state index < -0.39 is 34.3 Å². The van der Waals surface area contributed by atoms with Crippen molar-refractivity contribution in [3.63, 3.8) is 0 Å². The second kappa shape index (κ2) is 14.0. The number of carboxylic acids is 1. The van der Waals surface area contributed by atoms with Gasteiger partial charge in [0.25, 0.3) is 6.04 Å². The maximum atomic E-state index is 12.6. The van der Waals surface area contributed by atoms with Gasteiger partial charge in [0.2, 0.25) is 5.69 Å². The molecule has 4 rings (SSSR count). The van der Waals surface area contributed by atoms with Crippen LogP contribution in [-0.4, -0.2) is 48.6 Å². The number of fused-ring (bicyclic) bond motifs is 2. The Kier molecular flexibility index (Phi) is 10.8. The van der Waals surface area contributed by atoms with E-state index in [1.165, 1.54) is 0 Å². The highest BCUT2D eigenvalue weighted by Gasteiger charge is 2.49. The number of hydrogen-bond acceptors (Lipinski definition) is 7. The molecule has 10 nitrogen and oxygen atoms in total. The maximum Gasteiger partial charge on any atom is 0.391 e. The highest BCUT2D eigenvalue weighted by atomic mass is 31.2. The maximum absolute atomic E-state index is 12.6. The van der Waals surface area contributed by atoms with Crippen LogP contribution in [0.1, 0.15) is 71.9 Å². The van der Waals surface area contributed by atoms with Gasteiger partial charge in [0, 0.05) is 47.5 Å². The van der Waals surface area contributed by atoms with Gasteiger partial charge in [-0.15, -0.1) is 0 Å². The van der Waals surface area contributed by atoms with Gasteiger partial charge in [-0.05, 0) is 69.2 Å². The summed E-state index contributed by atoms with van der Waals surface area (Å²) in [5.74, 6) is -0.243. The summed E-state index contributed by atoms with van der Waals surface area (Å²) >= 11 is 0. The standard InChI is InChI=1S/C33H42N2O8P2/c1-7-9-13-28(31(36)37)35-27-19-17-23(43-45(40)41)21-25(27)33(5,6)30(35)15-12-10-11-14-29-32(3,4)24-20-22(42-44(38)39)16-18-26(24)34(29)8-2/h10-12,14-21,28,40-41,44H,7-9,13H2,1-6H3,(H-,36,37,38,39)/p+1. The van der Waals surface area contributed by atoms with Gasteiger partial charge >= 0.3 is 22.8 Å². The van der Waals surface area contributed by atoms with E-state index >= 15 is 0 Å². The number of nitrogens with zero attached hydrogens (tertiary/aromatic N) is 2. The van der Waals surface area contributed by atoms with Gasteiger partial charge in [0.15, 0.2) is 5.71 Å². The monoisotopic (exact) mass is 657 g/mol. The molecular weight excluding hydrogens is 614 g/mol. The molecule has 2 aromatic rings. The summed E-state index contributed by atoms with van der Waals surface area (Å²) in [6, 6.07) is 9.82. The van der Waals surface area contributed by atoms with Crippen molar-refractivity contribution < 1.29 is 42.8 Å². The molecular formula is C33H43N2O8P2+. The Morgan fingerprint density at radius 3 is 2.33 bits per heavy atom. The molecule has 0 saturated carbocycles. The summed E-state index contributed by atoms with van der Waals surface area (Å²) in [6.07, 6.45) is 11.9. The third-order valence-electron chi connectivity index (χ3n) is 8.53. The van der Waals surface area contributed by atoms with E-state index in [-0.39, 0.29) is 5.41 Å². The van der Waals surface area contributed by atoms with Crippen molar-refractivity contribution in [3.05, 3.63) is 83.6 Å². The van der Waals surface area contributed by atoms with Crippen molar-refractivity contribution >= 4 is 39.9 Å². The van der Waals surface area contributed by atoms with Gasteiger partial charge in [0.05, 0.1) is 5.41 Å². The van der Waals surface area contributed by atoms with Crippen LogP contribution < -0.4 is 13.9 Å². The Balaban J connectivity index is 1.70. The molecule has 0 aliphatic carbocycles. The van der Waals surface area contributed by atoms with Crippen LogP contribution in [0.4, 0.5) is 11.4 Å². The number of carbonyl (C=O) groups is 1. The second-order valence-corrected chi connectivity index (χ2v) is 13.5. The van der Waals surface area contributed by atoms with Crippen LogP contribution in [0.25, 0.3) is 0 Å². The number of unbranched alkanes of at least 4 members (excludes halogenated alkanes) is 1. The number of benzene rings is 2. The molecule has 2 aliphatic heterocycles. The number of allylic oxidation sites excluding steroid dienone is 6. The van der Waals surface area contributed by atoms with E-state index in [1.54, 1.807) is 24.3 Å². The van der Waals surface area contributed by atoms with E-state index in [2.05, 4.69) is 25.7 Å². The van der Waals surface area contributed by atoms with E-state index in [0.29, 0.717) is 17.9 Å². The molecule has 0 radical (unpaired) electrons. The van der Waals surface area contributed by atoms with Crippen LogP contribution in [0, 0.1) is 0 Å². The fraction of sp³-hybridized carbons (Fsp3) is 0.394. The van der Waals surface area contributed by atoms with Crippen LogP contribution in [0.3, 0.4) is 0 Å². The predicted molar refractivity (Wildman–Crippen MR) is 178 cm³/mol. The number of carboxylic acid groups (broad SMARTS) is 1. The molecule has 2 unspecified atom stereocenters. The first kappa shape index (κ1) is 34.6. The zero-order chi connectivity index (χ0) is 33.1. The van der Waals surface area contributed by atoms with Crippen LogP contribution in [0.5, 0.6) is 11.5 Å². The van der Waals surface area contributed by atoms with Crippen molar-refractivity contribution in [2.45, 2.75) is 77.7 Å². The largest absolute Gasteiger partial charge is 0.476 e. The smallest absolute Gasteiger partial charge is 0.391 e. The molecule has 45 heavy (non-hydrogen) atoms. The van der Waals surface area contributed by atoms with Crippen molar-refractivity contribution in [2.24, 2.45) is 0 Å². The van der Waals surface area contributed by atoms with Crippen LogP contribution >= 0.6 is 16.9 Å². The third-order valence-corrected chi connectivity index (χ3v) is 9.32. The van der Waals surface area contributed by atoms with Crippen molar-refractivity contribution in [1.82, 2.24) is 0 Å². The molecule has 0 fully saturated rings. The molecule has 0 spiro atoms. The van der Waals surface area contributed by atoms with Gasteiger partial charge in [-0.25, -0.2) is 9.36 Å². The lowest BCUT2D eigenvalue weighted by atomic mass is 9.81. The highest BCUT2D eigenvalue weighted by Crippen LogP contribution is 2.49. The minimum atomic E-state index is -3.11. The molecule has 242 valence electrons. The van der Waals surface area contributed by atoms with E-state index in [1.807, 2.05) is 67.9 Å². The molecule has 0 aromatic heterocycles. The van der Waals surface area contributed by atoms with Crippen molar-refractivity contribution in [3.8, 4) is 11.5 Å². The van der Waals surface area contributed by atoms with Crippen molar-refractivity contribution in [2.75, 3.05) is 11.4 Å². The molecule has 2 aliphatic rings. The summed E-state index contributed by atoms with van der Waals surface area (Å²) < 4.78 is 23.4. The molecule has 2 aromatic carbocycles. The van der Waals surface area contributed by atoms with Gasteiger partial charge in [-0.2, -0.15) is 4.58 Å². The molecule has 2 heterocycles. The molecule has 4 N–H and O–H groups in total. The zero-order valence-corrected chi connectivity index (χ0v) is 28.4. The molecule has 12 heteroatoms. The Labute approximate surface area is 266 Å². The number of hydrogen-bond donors (Lipinski definition) is 4. The van der Waals surface area contributed by atoms with Crippen molar-refractivity contribution in [1.29, 1.82) is 0 Å². The first-order valence-electron chi connectivity index (χ1n) is 15.0. The average Bonchev–Trinajstić information content (AvgIpc) is 3.30. The summed E-state index contributed by atoms with van der Waals surface area (Å²) in [5, 5.41) is 10.3. The molecule has 0 bridgehead atoms. The first-order valence-corrected chi connectivity index (χ1v) is 17.4. The highest BCUT2D eigenvalue weighted by molar-refractivity contribution is 7.39. The predicted octanol–water partition coefficient (Wildman–Crippen LogP) is 6.87. The first-order chi connectivity index (χ1) is 21.2. The summed E-state index contributed by atoms with van der Waals surface area (Å²) in [6.45, 7) is 13.1. The molecule has 0 saturated heterocycles. The molecule has 2 atom stereocenters. The summed E-state index contributed by atoms with van der Waals surface area (Å²) in [4.78, 5) is 42.8. The van der Waals surface area contributed by atoms with E-state index in [9.17, 15) is 29.1 Å². The Morgan fingerprint density at radius 1 is 1.02 bits per heavy atom. The molecule has 0 amide bonds. The second-order valence-electron chi connectivity index (χ2n) is 12.1. The topological polar surface area (TPSA) is 140 Å². The Hall–Kier alpha value is -3.26. The fourth-order valence-corrected chi connectivity index (χ4v) is 6.98. The fourth-order valence-electron chi connectivity index (χ4n) is 6.35. The van der Waals surface area contributed by atoms with Gasteiger partial charge in [-0.3, -0.25) is 0 Å². The van der Waals surface area contributed by atoms with Gasteiger partial charge in [0.1, 0.15) is 11.5 Å². The quantitative estimate of drug-likeness (QED) is 0.103.